The van der Waals surface area contributed by atoms with Crippen molar-refractivity contribution in [2.75, 3.05) is 13.7 Å². The summed E-state index contributed by atoms with van der Waals surface area (Å²) in [7, 11) is 1.67. The summed E-state index contributed by atoms with van der Waals surface area (Å²) < 4.78 is 5.61. The highest BCUT2D eigenvalue weighted by molar-refractivity contribution is 9.10. The summed E-state index contributed by atoms with van der Waals surface area (Å²) in [5, 5.41) is 0.711. The topological polar surface area (TPSA) is 42.1 Å². The summed E-state index contributed by atoms with van der Waals surface area (Å²) in [6.07, 6.45) is 2.48. The fourth-order valence-corrected chi connectivity index (χ4v) is 2.04. The maximum atomic E-state index is 11.9. The van der Waals surface area contributed by atoms with Crippen LogP contribution in [0.25, 0.3) is 10.9 Å². The van der Waals surface area contributed by atoms with Gasteiger partial charge in [-0.3, -0.25) is 4.79 Å². The molecule has 0 saturated carbocycles. The number of rotatable bonds is 3. The number of hydrogen-bond acceptors (Lipinski definition) is 2. The van der Waals surface area contributed by atoms with Crippen LogP contribution in [0.5, 0.6) is 0 Å². The fraction of sp³-hybridized carbons (Fsp3) is 0.250. The first-order valence-corrected chi connectivity index (χ1v) is 5.81. The van der Waals surface area contributed by atoms with Crippen LogP contribution in [0.1, 0.15) is 5.56 Å². The summed E-state index contributed by atoms with van der Waals surface area (Å²) in [5.74, 6) is 0. The lowest BCUT2D eigenvalue weighted by Crippen LogP contribution is -2.06. The second-order valence-corrected chi connectivity index (χ2v) is 4.40. The Morgan fingerprint density at radius 1 is 1.44 bits per heavy atom. The molecule has 2 aromatic rings. The monoisotopic (exact) mass is 281 g/mol. The van der Waals surface area contributed by atoms with Crippen LogP contribution in [0.4, 0.5) is 0 Å². The van der Waals surface area contributed by atoms with Crippen LogP contribution in [0.2, 0.25) is 0 Å². The van der Waals surface area contributed by atoms with Gasteiger partial charge in [0, 0.05) is 18.7 Å². The Hall–Kier alpha value is -1.13. The number of halogens is 1. The minimum atomic E-state index is 0.0213. The molecule has 0 atom stereocenters. The molecule has 0 amide bonds. The molecule has 0 aliphatic carbocycles. The van der Waals surface area contributed by atoms with Gasteiger partial charge in [0.1, 0.15) is 0 Å². The number of fused-ring (bicyclic) bond motifs is 1. The largest absolute Gasteiger partial charge is 0.384 e. The maximum Gasteiger partial charge on any atom is 0.203 e. The van der Waals surface area contributed by atoms with Crippen molar-refractivity contribution in [3.8, 4) is 0 Å². The Balaban J connectivity index is 2.60. The van der Waals surface area contributed by atoms with Gasteiger partial charge in [0.05, 0.1) is 16.6 Å². The normalized spacial score (nSPS) is 10.9. The lowest BCUT2D eigenvalue weighted by atomic mass is 10.1. The quantitative estimate of drug-likeness (QED) is 0.939. The molecule has 4 heteroatoms. The molecule has 1 N–H and O–H groups in total. The van der Waals surface area contributed by atoms with E-state index in [1.165, 1.54) is 0 Å². The van der Waals surface area contributed by atoms with Crippen LogP contribution in [0, 0.1) is 0 Å². The number of para-hydroxylation sites is 1. The molecular formula is C12H12BrNO2. The molecule has 1 aromatic heterocycles. The zero-order valence-corrected chi connectivity index (χ0v) is 10.5. The van der Waals surface area contributed by atoms with Gasteiger partial charge in [0.25, 0.3) is 0 Å². The first-order valence-electron chi connectivity index (χ1n) is 5.01. The minimum Gasteiger partial charge on any atom is -0.384 e. The zero-order valence-electron chi connectivity index (χ0n) is 8.92. The van der Waals surface area contributed by atoms with Crippen molar-refractivity contribution in [2.24, 2.45) is 0 Å². The Morgan fingerprint density at radius 2 is 2.25 bits per heavy atom. The molecule has 84 valence electrons. The van der Waals surface area contributed by atoms with Crippen molar-refractivity contribution in [1.82, 2.24) is 4.98 Å². The molecule has 0 unspecified atom stereocenters. The van der Waals surface area contributed by atoms with Gasteiger partial charge in [0.15, 0.2) is 0 Å². The highest BCUT2D eigenvalue weighted by Crippen LogP contribution is 2.16. The average molecular weight is 282 g/mol. The molecule has 0 aliphatic heterocycles. The predicted octanol–water partition coefficient (Wildman–Crippen LogP) is 2.48. The van der Waals surface area contributed by atoms with Crippen molar-refractivity contribution in [1.29, 1.82) is 0 Å². The van der Waals surface area contributed by atoms with Crippen molar-refractivity contribution in [3.63, 3.8) is 0 Å². The van der Waals surface area contributed by atoms with E-state index in [-0.39, 0.29) is 5.43 Å². The van der Waals surface area contributed by atoms with E-state index in [9.17, 15) is 4.79 Å². The van der Waals surface area contributed by atoms with E-state index < -0.39 is 0 Å². The summed E-state index contributed by atoms with van der Waals surface area (Å²) in [6.45, 7) is 0.650. The molecule has 0 saturated heterocycles. The second-order valence-electron chi connectivity index (χ2n) is 3.55. The van der Waals surface area contributed by atoms with Gasteiger partial charge in [-0.25, -0.2) is 0 Å². The SMILES string of the molecule is COCCc1cccc2c(=O)c(Br)c[nH]c12. The van der Waals surface area contributed by atoms with Crippen LogP contribution in [0.15, 0.2) is 33.7 Å². The molecule has 1 heterocycles. The van der Waals surface area contributed by atoms with Gasteiger partial charge in [-0.05, 0) is 34.0 Å². The predicted molar refractivity (Wildman–Crippen MR) is 67.8 cm³/mol. The first kappa shape index (κ1) is 11.4. The summed E-state index contributed by atoms with van der Waals surface area (Å²) in [6, 6.07) is 5.73. The molecular weight excluding hydrogens is 270 g/mol. The molecule has 0 aliphatic rings. The molecule has 16 heavy (non-hydrogen) atoms. The number of aromatic amines is 1. The lowest BCUT2D eigenvalue weighted by molar-refractivity contribution is 0.202. The van der Waals surface area contributed by atoms with E-state index in [4.69, 9.17) is 4.74 Å². The van der Waals surface area contributed by atoms with Gasteiger partial charge in [-0.2, -0.15) is 0 Å². The van der Waals surface area contributed by atoms with Crippen LogP contribution < -0.4 is 5.43 Å². The number of aromatic nitrogens is 1. The third-order valence-electron chi connectivity index (χ3n) is 2.53. The Bertz CT molecular complexity index is 562. The van der Waals surface area contributed by atoms with E-state index in [0.29, 0.717) is 16.5 Å². The minimum absolute atomic E-state index is 0.0213. The van der Waals surface area contributed by atoms with E-state index in [1.54, 1.807) is 13.3 Å². The number of hydrogen-bond donors (Lipinski definition) is 1. The maximum absolute atomic E-state index is 11.9. The van der Waals surface area contributed by atoms with Gasteiger partial charge < -0.3 is 9.72 Å². The fourth-order valence-electron chi connectivity index (χ4n) is 1.71. The van der Waals surface area contributed by atoms with Crippen molar-refractivity contribution in [2.45, 2.75) is 6.42 Å². The Morgan fingerprint density at radius 3 is 3.00 bits per heavy atom. The van der Waals surface area contributed by atoms with Crippen molar-refractivity contribution >= 4 is 26.8 Å². The Kier molecular flexibility index (Phi) is 3.41. The molecule has 0 fully saturated rings. The third-order valence-corrected chi connectivity index (χ3v) is 3.12. The van der Waals surface area contributed by atoms with Crippen molar-refractivity contribution in [3.05, 3.63) is 44.7 Å². The molecule has 0 spiro atoms. The Labute approximate surface area is 102 Å². The average Bonchev–Trinajstić information content (AvgIpc) is 2.31. The van der Waals surface area contributed by atoms with Gasteiger partial charge in [0.2, 0.25) is 5.43 Å². The summed E-state index contributed by atoms with van der Waals surface area (Å²) >= 11 is 3.23. The molecule has 3 nitrogen and oxygen atoms in total. The van der Waals surface area contributed by atoms with Crippen molar-refractivity contribution < 1.29 is 4.74 Å². The summed E-state index contributed by atoms with van der Waals surface area (Å²) in [5.41, 5.74) is 2.02. The van der Waals surface area contributed by atoms with E-state index in [1.807, 2.05) is 18.2 Å². The highest BCUT2D eigenvalue weighted by atomic mass is 79.9. The number of H-pyrrole nitrogens is 1. The number of benzene rings is 1. The second kappa shape index (κ2) is 4.80. The standard InChI is InChI=1S/C12H12BrNO2/c1-16-6-5-8-3-2-4-9-11(8)14-7-10(13)12(9)15/h2-4,7H,5-6H2,1H3,(H,14,15). The van der Waals surface area contributed by atoms with E-state index >= 15 is 0 Å². The number of ether oxygens (including phenoxy) is 1. The first-order chi connectivity index (χ1) is 7.74. The van der Waals surface area contributed by atoms with Gasteiger partial charge >= 0.3 is 0 Å². The van der Waals surface area contributed by atoms with E-state index in [0.717, 1.165) is 17.5 Å². The molecule has 0 radical (unpaired) electrons. The number of pyridine rings is 1. The highest BCUT2D eigenvalue weighted by Gasteiger charge is 2.06. The molecule has 2 rings (SSSR count). The lowest BCUT2D eigenvalue weighted by Gasteiger charge is -2.05. The zero-order chi connectivity index (χ0) is 11.5. The van der Waals surface area contributed by atoms with Gasteiger partial charge in [-0.15, -0.1) is 0 Å². The molecule has 0 bridgehead atoms. The van der Waals surface area contributed by atoms with Gasteiger partial charge in [-0.1, -0.05) is 12.1 Å². The van der Waals surface area contributed by atoms with Crippen LogP contribution in [-0.2, 0) is 11.2 Å². The third kappa shape index (κ3) is 2.03. The van der Waals surface area contributed by atoms with Crippen LogP contribution in [0.3, 0.4) is 0 Å². The van der Waals surface area contributed by atoms with E-state index in [2.05, 4.69) is 20.9 Å². The van der Waals surface area contributed by atoms with Crippen LogP contribution >= 0.6 is 15.9 Å². The smallest absolute Gasteiger partial charge is 0.203 e. The molecule has 1 aromatic carbocycles. The number of nitrogens with one attached hydrogen (secondary N) is 1. The van der Waals surface area contributed by atoms with Crippen LogP contribution in [-0.4, -0.2) is 18.7 Å². The number of methoxy groups -OCH3 is 1. The summed E-state index contributed by atoms with van der Waals surface area (Å²) in [4.78, 5) is 15.0.